The van der Waals surface area contributed by atoms with Crippen molar-refractivity contribution in [2.24, 2.45) is 0 Å². The molecule has 1 amide bonds. The van der Waals surface area contributed by atoms with Gasteiger partial charge in [0.05, 0.1) is 4.90 Å². The van der Waals surface area contributed by atoms with E-state index in [0.29, 0.717) is 0 Å². The Bertz CT molecular complexity index is 842. The Hall–Kier alpha value is -2.45. The first-order valence-electron chi connectivity index (χ1n) is 6.87. The van der Waals surface area contributed by atoms with Gasteiger partial charge in [-0.3, -0.25) is 9.59 Å². The van der Waals surface area contributed by atoms with E-state index in [1.807, 2.05) is 0 Å². The second kappa shape index (κ2) is 7.21. The molecule has 0 bridgehead atoms. The molecule has 23 heavy (non-hydrogen) atoms. The largest absolute Gasteiger partial charge is 0.350 e. The van der Waals surface area contributed by atoms with Crippen molar-refractivity contribution in [3.8, 4) is 0 Å². The number of pyridine rings is 1. The molecule has 0 saturated carbocycles. The van der Waals surface area contributed by atoms with Gasteiger partial charge in [-0.1, -0.05) is 18.2 Å². The van der Waals surface area contributed by atoms with Gasteiger partial charge >= 0.3 is 0 Å². The third-order valence-electron chi connectivity index (χ3n) is 3.21. The summed E-state index contributed by atoms with van der Waals surface area (Å²) in [6, 6.07) is 10.9. The Kier molecular flexibility index (Phi) is 5.30. The van der Waals surface area contributed by atoms with Crippen LogP contribution in [0, 0.1) is 0 Å². The monoisotopic (exact) mass is 335 g/mol. The Morgan fingerprint density at radius 2 is 1.83 bits per heavy atom. The van der Waals surface area contributed by atoms with E-state index in [0.717, 1.165) is 5.56 Å². The van der Waals surface area contributed by atoms with Gasteiger partial charge in [0.15, 0.2) is 0 Å². The molecule has 0 fully saturated rings. The van der Waals surface area contributed by atoms with Gasteiger partial charge in [0.25, 0.3) is 5.56 Å². The number of carbonyl (C=O) groups excluding carboxylic acids is 1. The number of hydrogen-bond donors (Lipinski definition) is 2. The minimum atomic E-state index is -3.47. The summed E-state index contributed by atoms with van der Waals surface area (Å²) in [6.45, 7) is 0.187. The highest BCUT2D eigenvalue weighted by Gasteiger charge is 2.10. The average Bonchev–Trinajstić information content (AvgIpc) is 2.55. The van der Waals surface area contributed by atoms with Crippen LogP contribution in [-0.4, -0.2) is 25.9 Å². The van der Waals surface area contributed by atoms with Crippen molar-refractivity contribution in [2.45, 2.75) is 18.0 Å². The standard InChI is InChI=1S/C15H17N3O4S/c1-16-23(21,22)13-7-5-12(6-8-13)10-17-14(19)11-18-9-3-2-4-15(18)20/h2-9,16H,10-11H2,1H3,(H,17,19). The number of hydrogen-bond acceptors (Lipinski definition) is 4. The topological polar surface area (TPSA) is 97.3 Å². The molecule has 122 valence electrons. The highest BCUT2D eigenvalue weighted by Crippen LogP contribution is 2.09. The van der Waals surface area contributed by atoms with Gasteiger partial charge in [-0.25, -0.2) is 13.1 Å². The van der Waals surface area contributed by atoms with E-state index in [9.17, 15) is 18.0 Å². The fourth-order valence-corrected chi connectivity index (χ4v) is 2.64. The molecule has 2 rings (SSSR count). The third-order valence-corrected chi connectivity index (χ3v) is 4.64. The second-order valence-electron chi connectivity index (χ2n) is 4.80. The van der Waals surface area contributed by atoms with E-state index in [4.69, 9.17) is 0 Å². The first-order chi connectivity index (χ1) is 10.9. The maximum absolute atomic E-state index is 11.8. The molecule has 1 heterocycles. The molecule has 8 heteroatoms. The van der Waals surface area contributed by atoms with Crippen molar-refractivity contribution >= 4 is 15.9 Å². The summed E-state index contributed by atoms with van der Waals surface area (Å²) >= 11 is 0. The maximum atomic E-state index is 11.8. The first-order valence-corrected chi connectivity index (χ1v) is 8.35. The van der Waals surface area contributed by atoms with E-state index < -0.39 is 10.0 Å². The molecule has 0 spiro atoms. The van der Waals surface area contributed by atoms with Crippen molar-refractivity contribution in [3.63, 3.8) is 0 Å². The molecule has 7 nitrogen and oxygen atoms in total. The van der Waals surface area contributed by atoms with E-state index >= 15 is 0 Å². The average molecular weight is 335 g/mol. The van der Waals surface area contributed by atoms with Crippen LogP contribution in [0.5, 0.6) is 0 Å². The molecular formula is C15H17N3O4S. The summed E-state index contributed by atoms with van der Waals surface area (Å²) in [4.78, 5) is 23.5. The maximum Gasteiger partial charge on any atom is 0.250 e. The van der Waals surface area contributed by atoms with Crippen LogP contribution in [0.25, 0.3) is 0 Å². The molecule has 2 N–H and O–H groups in total. The lowest BCUT2D eigenvalue weighted by Gasteiger charge is -2.08. The van der Waals surface area contributed by atoms with Crippen molar-refractivity contribution in [1.82, 2.24) is 14.6 Å². The molecule has 0 saturated heterocycles. The zero-order chi connectivity index (χ0) is 16.9. The normalized spacial score (nSPS) is 11.2. The molecule has 0 aliphatic rings. The molecule has 0 aliphatic carbocycles. The fourth-order valence-electron chi connectivity index (χ4n) is 1.91. The third kappa shape index (κ3) is 4.51. The van der Waals surface area contributed by atoms with Gasteiger partial charge in [-0.2, -0.15) is 0 Å². The van der Waals surface area contributed by atoms with Gasteiger partial charge in [0.2, 0.25) is 15.9 Å². The van der Waals surface area contributed by atoms with Crippen molar-refractivity contribution in [3.05, 3.63) is 64.6 Å². The molecular weight excluding hydrogens is 318 g/mol. The van der Waals surface area contributed by atoms with Crippen LogP contribution in [0.4, 0.5) is 0 Å². The number of amides is 1. The number of nitrogens with one attached hydrogen (secondary N) is 2. The lowest BCUT2D eigenvalue weighted by molar-refractivity contribution is -0.121. The summed E-state index contributed by atoms with van der Waals surface area (Å²) in [7, 11) is -2.12. The molecule has 0 atom stereocenters. The number of sulfonamides is 1. The van der Waals surface area contributed by atoms with E-state index in [-0.39, 0.29) is 29.5 Å². The van der Waals surface area contributed by atoms with Crippen molar-refractivity contribution < 1.29 is 13.2 Å². The van der Waals surface area contributed by atoms with Crippen LogP contribution in [0.2, 0.25) is 0 Å². The zero-order valence-corrected chi connectivity index (χ0v) is 13.3. The Morgan fingerprint density at radius 3 is 2.43 bits per heavy atom. The first kappa shape index (κ1) is 16.9. The summed E-state index contributed by atoms with van der Waals surface area (Å²) < 4.78 is 26.7. The van der Waals surface area contributed by atoms with Crippen LogP contribution in [0.15, 0.2) is 58.4 Å². The Labute approximate surface area is 134 Å². The number of rotatable bonds is 6. The molecule has 2 aromatic rings. The summed E-state index contributed by atoms with van der Waals surface area (Å²) in [5.74, 6) is -0.301. The van der Waals surface area contributed by atoms with Crippen LogP contribution in [-0.2, 0) is 27.9 Å². The van der Waals surface area contributed by atoms with Crippen LogP contribution >= 0.6 is 0 Å². The zero-order valence-electron chi connectivity index (χ0n) is 12.5. The Morgan fingerprint density at radius 1 is 1.13 bits per heavy atom. The van der Waals surface area contributed by atoms with Crippen LogP contribution in [0.3, 0.4) is 0 Å². The van der Waals surface area contributed by atoms with Crippen LogP contribution in [0.1, 0.15) is 5.56 Å². The molecule has 1 aromatic heterocycles. The summed E-state index contributed by atoms with van der Waals surface area (Å²) in [5.41, 5.74) is 0.512. The van der Waals surface area contributed by atoms with Gasteiger partial charge < -0.3 is 9.88 Å². The predicted octanol–water partition coefficient (Wildman–Crippen LogP) is 0.0728. The molecule has 0 unspecified atom stereocenters. The van der Waals surface area contributed by atoms with Gasteiger partial charge in [0, 0.05) is 18.8 Å². The van der Waals surface area contributed by atoms with Crippen LogP contribution < -0.4 is 15.6 Å². The van der Waals surface area contributed by atoms with Gasteiger partial charge in [-0.05, 0) is 30.8 Å². The minimum absolute atomic E-state index is 0.0636. The number of benzene rings is 1. The van der Waals surface area contributed by atoms with E-state index in [1.54, 1.807) is 30.5 Å². The van der Waals surface area contributed by atoms with E-state index in [2.05, 4.69) is 10.0 Å². The molecule has 0 aliphatic heterocycles. The lowest BCUT2D eigenvalue weighted by Crippen LogP contribution is -2.31. The highest BCUT2D eigenvalue weighted by molar-refractivity contribution is 7.89. The highest BCUT2D eigenvalue weighted by atomic mass is 32.2. The second-order valence-corrected chi connectivity index (χ2v) is 6.68. The molecule has 1 aromatic carbocycles. The summed E-state index contributed by atoms with van der Waals surface area (Å²) in [5, 5.41) is 2.68. The fraction of sp³-hybridized carbons (Fsp3) is 0.200. The smallest absolute Gasteiger partial charge is 0.250 e. The Balaban J connectivity index is 1.95. The number of aromatic nitrogens is 1. The summed E-state index contributed by atoms with van der Waals surface area (Å²) in [6.07, 6.45) is 1.54. The SMILES string of the molecule is CNS(=O)(=O)c1ccc(CNC(=O)Cn2ccccc2=O)cc1. The van der Waals surface area contributed by atoms with Gasteiger partial charge in [-0.15, -0.1) is 0 Å². The quantitative estimate of drug-likeness (QED) is 0.781. The number of carbonyl (C=O) groups is 1. The lowest BCUT2D eigenvalue weighted by atomic mass is 10.2. The minimum Gasteiger partial charge on any atom is -0.350 e. The van der Waals surface area contributed by atoms with Gasteiger partial charge in [0.1, 0.15) is 6.54 Å². The van der Waals surface area contributed by atoms with Crippen molar-refractivity contribution in [1.29, 1.82) is 0 Å². The molecule has 0 radical (unpaired) electrons. The van der Waals surface area contributed by atoms with E-state index in [1.165, 1.54) is 29.8 Å². The number of nitrogens with zero attached hydrogens (tertiary/aromatic N) is 1. The van der Waals surface area contributed by atoms with Crippen molar-refractivity contribution in [2.75, 3.05) is 7.05 Å². The predicted molar refractivity (Wildman–Crippen MR) is 85.2 cm³/mol.